The van der Waals surface area contributed by atoms with Crippen molar-refractivity contribution in [3.8, 4) is 0 Å². The number of β-amino-alcohol motifs (C(OH)–C–C–N with tert-alkyl or cyclic N) is 1. The van der Waals surface area contributed by atoms with Crippen molar-refractivity contribution < 1.29 is 9.84 Å². The Morgan fingerprint density at radius 2 is 1.48 bits per heavy atom. The van der Waals surface area contributed by atoms with Gasteiger partial charge in [-0.25, -0.2) is 0 Å². The van der Waals surface area contributed by atoms with Crippen LogP contribution >= 0.6 is 31.9 Å². The molecule has 4 rings (SSSR count). The first-order chi connectivity index (χ1) is 12.9. The highest BCUT2D eigenvalue weighted by Crippen LogP contribution is 2.33. The molecule has 0 radical (unpaired) electrons. The SMILES string of the molecule is C[C@@H]1CN(C[C@@H](O)Cn2c3ccc(Br)cc3c3cc(Br)ccc32)C[C@H](C)O1. The van der Waals surface area contributed by atoms with Crippen LogP contribution in [0.3, 0.4) is 0 Å². The summed E-state index contributed by atoms with van der Waals surface area (Å²) < 4.78 is 10.2. The zero-order valence-corrected chi connectivity index (χ0v) is 18.7. The number of ether oxygens (including phenoxy) is 1. The van der Waals surface area contributed by atoms with Crippen molar-refractivity contribution >= 4 is 53.7 Å². The summed E-state index contributed by atoms with van der Waals surface area (Å²) in [4.78, 5) is 2.31. The zero-order chi connectivity index (χ0) is 19.1. The van der Waals surface area contributed by atoms with Crippen molar-refractivity contribution in [2.24, 2.45) is 0 Å². The number of hydrogen-bond acceptors (Lipinski definition) is 3. The number of nitrogens with zero attached hydrogens (tertiary/aromatic N) is 2. The molecule has 1 aromatic heterocycles. The molecule has 1 fully saturated rings. The third kappa shape index (κ3) is 4.10. The van der Waals surface area contributed by atoms with E-state index in [1.54, 1.807) is 0 Å². The molecule has 1 aliphatic rings. The Bertz CT molecular complexity index is 902. The van der Waals surface area contributed by atoms with Crippen LogP contribution in [0.1, 0.15) is 13.8 Å². The van der Waals surface area contributed by atoms with Crippen molar-refractivity contribution in [3.63, 3.8) is 0 Å². The van der Waals surface area contributed by atoms with Crippen molar-refractivity contribution in [1.29, 1.82) is 0 Å². The number of aromatic nitrogens is 1. The summed E-state index contributed by atoms with van der Waals surface area (Å²) in [5.41, 5.74) is 2.29. The molecule has 0 bridgehead atoms. The van der Waals surface area contributed by atoms with Gasteiger partial charge in [-0.15, -0.1) is 0 Å². The molecular weight excluding hydrogens is 472 g/mol. The molecule has 6 heteroatoms. The monoisotopic (exact) mass is 494 g/mol. The normalized spacial score (nSPS) is 22.6. The van der Waals surface area contributed by atoms with Crippen LogP contribution in [-0.2, 0) is 11.3 Å². The Balaban J connectivity index is 1.64. The van der Waals surface area contributed by atoms with Gasteiger partial charge in [-0.3, -0.25) is 4.90 Å². The Hall–Kier alpha value is -0.920. The van der Waals surface area contributed by atoms with Crippen molar-refractivity contribution in [2.75, 3.05) is 19.6 Å². The summed E-state index contributed by atoms with van der Waals surface area (Å²) in [6.07, 6.45) is -0.0126. The fourth-order valence-corrected chi connectivity index (χ4v) is 4.97. The molecular formula is C21H24Br2N2O2. The number of morpholine rings is 1. The Kier molecular flexibility index (Phi) is 5.63. The molecule has 1 aliphatic heterocycles. The maximum atomic E-state index is 10.9. The molecule has 3 atom stereocenters. The first-order valence-electron chi connectivity index (χ1n) is 9.33. The van der Waals surface area contributed by atoms with E-state index in [4.69, 9.17) is 4.74 Å². The molecule has 2 aromatic carbocycles. The van der Waals surface area contributed by atoms with Gasteiger partial charge in [0.2, 0.25) is 0 Å². The predicted molar refractivity (Wildman–Crippen MR) is 117 cm³/mol. The van der Waals surface area contributed by atoms with E-state index in [0.29, 0.717) is 13.1 Å². The lowest BCUT2D eigenvalue weighted by atomic mass is 10.2. The summed E-state index contributed by atoms with van der Waals surface area (Å²) in [6.45, 7) is 7.16. The number of aliphatic hydroxyl groups excluding tert-OH is 1. The quantitative estimate of drug-likeness (QED) is 0.565. The highest BCUT2D eigenvalue weighted by Gasteiger charge is 2.24. The first-order valence-corrected chi connectivity index (χ1v) is 10.9. The average Bonchev–Trinajstić information content (AvgIpc) is 2.86. The molecule has 1 saturated heterocycles. The smallest absolute Gasteiger partial charge is 0.0846 e. The average molecular weight is 496 g/mol. The van der Waals surface area contributed by atoms with Gasteiger partial charge < -0.3 is 14.4 Å². The lowest BCUT2D eigenvalue weighted by Crippen LogP contribution is -2.48. The fourth-order valence-electron chi connectivity index (χ4n) is 4.25. The van der Waals surface area contributed by atoms with E-state index in [9.17, 15) is 5.11 Å². The molecule has 0 unspecified atom stereocenters. The minimum atomic E-state index is -0.436. The summed E-state index contributed by atoms with van der Waals surface area (Å²) in [7, 11) is 0. The molecule has 4 nitrogen and oxygen atoms in total. The summed E-state index contributed by atoms with van der Waals surface area (Å²) >= 11 is 7.17. The molecule has 144 valence electrons. The Morgan fingerprint density at radius 1 is 0.963 bits per heavy atom. The molecule has 2 heterocycles. The van der Waals surface area contributed by atoms with E-state index in [1.165, 1.54) is 10.8 Å². The number of hydrogen-bond donors (Lipinski definition) is 1. The van der Waals surface area contributed by atoms with Crippen LogP contribution in [0.5, 0.6) is 0 Å². The maximum Gasteiger partial charge on any atom is 0.0846 e. The van der Waals surface area contributed by atoms with Crippen LogP contribution in [0.25, 0.3) is 21.8 Å². The van der Waals surface area contributed by atoms with Crippen LogP contribution in [-0.4, -0.2) is 52.5 Å². The predicted octanol–water partition coefficient (Wildman–Crippen LogP) is 4.79. The molecule has 1 N–H and O–H groups in total. The third-order valence-corrected chi connectivity index (χ3v) is 6.13. The summed E-state index contributed by atoms with van der Waals surface area (Å²) in [6, 6.07) is 12.7. The van der Waals surface area contributed by atoms with E-state index in [-0.39, 0.29) is 12.2 Å². The third-order valence-electron chi connectivity index (χ3n) is 5.15. The Morgan fingerprint density at radius 3 is 2.00 bits per heavy atom. The van der Waals surface area contributed by atoms with Crippen LogP contribution < -0.4 is 0 Å². The minimum absolute atomic E-state index is 0.212. The highest BCUT2D eigenvalue weighted by atomic mass is 79.9. The van der Waals surface area contributed by atoms with Crippen LogP contribution in [0.2, 0.25) is 0 Å². The number of halogens is 2. The Labute approximate surface area is 176 Å². The van der Waals surface area contributed by atoms with Gasteiger partial charge >= 0.3 is 0 Å². The number of rotatable bonds is 4. The second-order valence-electron chi connectivity index (χ2n) is 7.56. The van der Waals surface area contributed by atoms with Crippen molar-refractivity contribution in [3.05, 3.63) is 45.3 Å². The molecule has 0 spiro atoms. The minimum Gasteiger partial charge on any atom is -0.390 e. The lowest BCUT2D eigenvalue weighted by Gasteiger charge is -2.36. The van der Waals surface area contributed by atoms with Gasteiger partial charge in [0.05, 0.1) is 24.9 Å². The van der Waals surface area contributed by atoms with Gasteiger partial charge in [-0.05, 0) is 50.2 Å². The van der Waals surface area contributed by atoms with Crippen LogP contribution in [0, 0.1) is 0 Å². The van der Waals surface area contributed by atoms with Crippen molar-refractivity contribution in [2.45, 2.75) is 38.7 Å². The van der Waals surface area contributed by atoms with Crippen LogP contribution in [0.15, 0.2) is 45.3 Å². The lowest BCUT2D eigenvalue weighted by molar-refractivity contribution is -0.0771. The first kappa shape index (κ1) is 19.4. The summed E-state index contributed by atoms with van der Waals surface area (Å²) in [5, 5.41) is 13.2. The zero-order valence-electron chi connectivity index (χ0n) is 15.5. The van der Waals surface area contributed by atoms with Crippen molar-refractivity contribution in [1.82, 2.24) is 9.47 Å². The summed E-state index contributed by atoms with van der Waals surface area (Å²) in [5.74, 6) is 0. The number of aliphatic hydroxyl groups is 1. The van der Waals surface area contributed by atoms with Gasteiger partial charge in [-0.1, -0.05) is 31.9 Å². The van der Waals surface area contributed by atoms with Crippen LogP contribution in [0.4, 0.5) is 0 Å². The standard InChI is InChI=1S/C21H24Br2N2O2/c1-13-9-24(10-14(2)27-13)11-17(26)12-25-20-5-3-15(22)7-18(20)19-8-16(23)4-6-21(19)25/h3-8,13-14,17,26H,9-12H2,1-2H3/t13-,14+,17-/m1/s1. The largest absolute Gasteiger partial charge is 0.390 e. The second kappa shape index (κ2) is 7.84. The second-order valence-corrected chi connectivity index (χ2v) is 9.39. The molecule has 0 amide bonds. The highest BCUT2D eigenvalue weighted by molar-refractivity contribution is 9.10. The van der Waals surface area contributed by atoms with Gasteiger partial charge in [0, 0.05) is 50.4 Å². The maximum absolute atomic E-state index is 10.9. The molecule has 27 heavy (non-hydrogen) atoms. The van der Waals surface area contributed by atoms with E-state index in [1.807, 2.05) is 0 Å². The molecule has 0 saturated carbocycles. The fraction of sp³-hybridized carbons (Fsp3) is 0.429. The van der Waals surface area contributed by atoms with Gasteiger partial charge in [0.1, 0.15) is 0 Å². The molecule has 3 aromatic rings. The topological polar surface area (TPSA) is 37.6 Å². The van der Waals surface area contributed by atoms with Gasteiger partial charge in [0.15, 0.2) is 0 Å². The van der Waals surface area contributed by atoms with Gasteiger partial charge in [-0.2, -0.15) is 0 Å². The number of fused-ring (bicyclic) bond motifs is 3. The van der Waals surface area contributed by atoms with E-state index >= 15 is 0 Å². The van der Waals surface area contributed by atoms with Gasteiger partial charge in [0.25, 0.3) is 0 Å². The number of benzene rings is 2. The van der Waals surface area contributed by atoms with E-state index in [0.717, 1.165) is 33.1 Å². The van der Waals surface area contributed by atoms with E-state index in [2.05, 4.69) is 91.6 Å². The molecule has 0 aliphatic carbocycles. The van der Waals surface area contributed by atoms with E-state index < -0.39 is 6.10 Å².